The molecule has 1 aromatic carbocycles. The van der Waals surface area contributed by atoms with Crippen LogP contribution in [0.1, 0.15) is 41.1 Å². The summed E-state index contributed by atoms with van der Waals surface area (Å²) in [6.07, 6.45) is 3.74. The molecule has 3 rings (SSSR count). The van der Waals surface area contributed by atoms with Crippen LogP contribution in [-0.4, -0.2) is 11.1 Å². The monoisotopic (exact) mass is 242 g/mol. The molecule has 0 amide bonds. The minimum absolute atomic E-state index is 0.547. The van der Waals surface area contributed by atoms with Crippen molar-refractivity contribution >= 4 is 10.9 Å². The first-order chi connectivity index (χ1) is 8.63. The van der Waals surface area contributed by atoms with Crippen molar-refractivity contribution in [2.24, 2.45) is 12.8 Å². The normalized spacial score (nSPS) is 19.2. The minimum atomic E-state index is 0.547. The Balaban J connectivity index is 2.38. The topological polar surface area (TPSA) is 30.9 Å². The van der Waals surface area contributed by atoms with E-state index in [0.717, 1.165) is 6.54 Å². The molecule has 2 aromatic rings. The first-order valence-corrected chi connectivity index (χ1v) is 6.92. The average Bonchev–Trinajstić information content (AvgIpc) is 2.63. The fourth-order valence-electron chi connectivity index (χ4n) is 3.73. The van der Waals surface area contributed by atoms with Gasteiger partial charge in [0.1, 0.15) is 0 Å². The number of benzene rings is 1. The Kier molecular flexibility index (Phi) is 2.70. The van der Waals surface area contributed by atoms with Crippen LogP contribution in [0.2, 0.25) is 0 Å². The third-order valence-electron chi connectivity index (χ3n) is 4.44. The van der Waals surface area contributed by atoms with Crippen molar-refractivity contribution < 1.29 is 0 Å². The maximum Gasteiger partial charge on any atom is 0.0488 e. The second-order valence-electron chi connectivity index (χ2n) is 5.72. The van der Waals surface area contributed by atoms with Crippen LogP contribution in [0, 0.1) is 13.8 Å². The van der Waals surface area contributed by atoms with Crippen LogP contribution in [0.15, 0.2) is 12.1 Å². The van der Waals surface area contributed by atoms with Crippen molar-refractivity contribution in [2.45, 2.75) is 39.0 Å². The lowest BCUT2D eigenvalue weighted by Crippen LogP contribution is -2.20. The summed E-state index contributed by atoms with van der Waals surface area (Å²) >= 11 is 0. The number of aromatic nitrogens is 1. The van der Waals surface area contributed by atoms with Crippen LogP contribution >= 0.6 is 0 Å². The van der Waals surface area contributed by atoms with Crippen LogP contribution in [-0.2, 0) is 13.5 Å². The first-order valence-electron chi connectivity index (χ1n) is 6.92. The number of nitrogens with two attached hydrogens (primary N) is 1. The Morgan fingerprint density at radius 3 is 2.83 bits per heavy atom. The van der Waals surface area contributed by atoms with Crippen molar-refractivity contribution in [1.82, 2.24) is 4.57 Å². The van der Waals surface area contributed by atoms with E-state index in [4.69, 9.17) is 5.73 Å². The summed E-state index contributed by atoms with van der Waals surface area (Å²) in [5.41, 5.74) is 13.2. The molecule has 2 heteroatoms. The zero-order chi connectivity index (χ0) is 12.9. The van der Waals surface area contributed by atoms with Gasteiger partial charge in [0, 0.05) is 36.1 Å². The smallest absolute Gasteiger partial charge is 0.0488 e. The molecule has 0 saturated carbocycles. The van der Waals surface area contributed by atoms with Crippen molar-refractivity contribution in [3.63, 3.8) is 0 Å². The Labute approximate surface area is 109 Å². The van der Waals surface area contributed by atoms with E-state index in [2.05, 4.69) is 37.6 Å². The van der Waals surface area contributed by atoms with Crippen molar-refractivity contribution in [3.05, 3.63) is 34.5 Å². The van der Waals surface area contributed by atoms with Crippen LogP contribution in [0.25, 0.3) is 10.9 Å². The molecule has 1 heterocycles. The third-order valence-corrected chi connectivity index (χ3v) is 4.44. The summed E-state index contributed by atoms with van der Waals surface area (Å²) in [6.45, 7) is 5.19. The highest BCUT2D eigenvalue weighted by Gasteiger charge is 2.26. The van der Waals surface area contributed by atoms with E-state index in [-0.39, 0.29) is 0 Å². The fourth-order valence-corrected chi connectivity index (χ4v) is 3.73. The fraction of sp³-hybridized carbons (Fsp3) is 0.500. The number of hydrogen-bond acceptors (Lipinski definition) is 1. The third kappa shape index (κ3) is 1.52. The van der Waals surface area contributed by atoms with E-state index in [0.29, 0.717) is 5.92 Å². The number of aryl methyl sites for hydroxylation is 4. The lowest BCUT2D eigenvalue weighted by Gasteiger charge is -2.23. The maximum absolute atomic E-state index is 5.96. The molecule has 0 saturated heterocycles. The van der Waals surface area contributed by atoms with Gasteiger partial charge >= 0.3 is 0 Å². The van der Waals surface area contributed by atoms with Gasteiger partial charge in [-0.15, -0.1) is 0 Å². The van der Waals surface area contributed by atoms with Gasteiger partial charge in [0.05, 0.1) is 0 Å². The summed E-state index contributed by atoms with van der Waals surface area (Å²) < 4.78 is 2.39. The highest BCUT2D eigenvalue weighted by molar-refractivity contribution is 5.89. The van der Waals surface area contributed by atoms with Gasteiger partial charge in [-0.2, -0.15) is 0 Å². The van der Waals surface area contributed by atoms with Crippen molar-refractivity contribution in [3.8, 4) is 0 Å². The van der Waals surface area contributed by atoms with Gasteiger partial charge in [0.2, 0.25) is 0 Å². The zero-order valence-electron chi connectivity index (χ0n) is 11.6. The Morgan fingerprint density at radius 2 is 2.11 bits per heavy atom. The van der Waals surface area contributed by atoms with Gasteiger partial charge in [-0.25, -0.2) is 0 Å². The number of nitrogens with zero attached hydrogens (tertiary/aromatic N) is 1. The summed E-state index contributed by atoms with van der Waals surface area (Å²) in [5.74, 6) is 0.547. The number of rotatable bonds is 1. The molecule has 1 aliphatic rings. The van der Waals surface area contributed by atoms with Crippen molar-refractivity contribution in [2.75, 3.05) is 6.54 Å². The highest BCUT2D eigenvalue weighted by Crippen LogP contribution is 2.39. The van der Waals surface area contributed by atoms with Crippen LogP contribution in [0.3, 0.4) is 0 Å². The number of hydrogen-bond donors (Lipinski definition) is 1. The SMILES string of the molecule is Cc1cc(C)c2c3c(n(C)c2c1)C(CN)CCC3. The second kappa shape index (κ2) is 4.13. The van der Waals surface area contributed by atoms with E-state index in [1.165, 1.54) is 47.0 Å². The quantitative estimate of drug-likeness (QED) is 0.818. The molecular weight excluding hydrogens is 220 g/mol. The molecule has 1 atom stereocenters. The standard InChI is InChI=1S/C16H22N2/c1-10-7-11(2)15-13-6-4-5-12(9-17)16(13)18(3)14(15)8-10/h7-8,12H,4-6,9,17H2,1-3H3. The predicted molar refractivity (Wildman–Crippen MR) is 77.1 cm³/mol. The molecule has 1 aromatic heterocycles. The van der Waals surface area contributed by atoms with Gasteiger partial charge in [0.15, 0.2) is 0 Å². The number of fused-ring (bicyclic) bond motifs is 3. The lowest BCUT2D eigenvalue weighted by atomic mass is 9.86. The Morgan fingerprint density at radius 1 is 1.33 bits per heavy atom. The molecule has 1 aliphatic carbocycles. The van der Waals surface area contributed by atoms with Crippen LogP contribution in [0.4, 0.5) is 0 Å². The van der Waals surface area contributed by atoms with Crippen LogP contribution < -0.4 is 5.73 Å². The van der Waals surface area contributed by atoms with Gasteiger partial charge in [-0.3, -0.25) is 0 Å². The highest BCUT2D eigenvalue weighted by atomic mass is 15.0. The van der Waals surface area contributed by atoms with E-state index in [1.54, 1.807) is 5.56 Å². The van der Waals surface area contributed by atoms with Gasteiger partial charge in [-0.1, -0.05) is 6.07 Å². The summed E-state index contributed by atoms with van der Waals surface area (Å²) in [7, 11) is 2.20. The van der Waals surface area contributed by atoms with E-state index < -0.39 is 0 Å². The predicted octanol–water partition coefficient (Wildman–Crippen LogP) is 3.17. The van der Waals surface area contributed by atoms with E-state index in [9.17, 15) is 0 Å². The van der Waals surface area contributed by atoms with E-state index in [1.807, 2.05) is 0 Å². The molecule has 0 fully saturated rings. The summed E-state index contributed by atoms with van der Waals surface area (Å²) in [4.78, 5) is 0. The van der Waals surface area contributed by atoms with Gasteiger partial charge < -0.3 is 10.3 Å². The maximum atomic E-state index is 5.96. The minimum Gasteiger partial charge on any atom is -0.347 e. The van der Waals surface area contributed by atoms with E-state index >= 15 is 0 Å². The molecular formula is C16H22N2. The Bertz CT molecular complexity index is 607. The van der Waals surface area contributed by atoms with Gasteiger partial charge in [-0.05, 0) is 55.9 Å². The second-order valence-corrected chi connectivity index (χ2v) is 5.72. The largest absolute Gasteiger partial charge is 0.347 e. The molecule has 2 nitrogen and oxygen atoms in total. The summed E-state index contributed by atoms with van der Waals surface area (Å²) in [5, 5.41) is 1.48. The van der Waals surface area contributed by atoms with Crippen molar-refractivity contribution in [1.29, 1.82) is 0 Å². The molecule has 2 N–H and O–H groups in total. The van der Waals surface area contributed by atoms with Gasteiger partial charge in [0.25, 0.3) is 0 Å². The molecule has 18 heavy (non-hydrogen) atoms. The Hall–Kier alpha value is -1.28. The molecule has 0 aliphatic heterocycles. The average molecular weight is 242 g/mol. The molecule has 0 radical (unpaired) electrons. The summed E-state index contributed by atoms with van der Waals surface area (Å²) in [6, 6.07) is 4.61. The first kappa shape index (κ1) is 11.8. The zero-order valence-corrected chi connectivity index (χ0v) is 11.6. The lowest BCUT2D eigenvalue weighted by molar-refractivity contribution is 0.534. The molecule has 96 valence electrons. The molecule has 0 spiro atoms. The van der Waals surface area contributed by atoms with Crippen LogP contribution in [0.5, 0.6) is 0 Å². The molecule has 0 bridgehead atoms. The molecule has 1 unspecified atom stereocenters.